The third-order valence-electron chi connectivity index (χ3n) is 5.35. The van der Waals surface area contributed by atoms with Crippen LogP contribution in [0, 0.1) is 6.92 Å². The summed E-state index contributed by atoms with van der Waals surface area (Å²) < 4.78 is 0. The van der Waals surface area contributed by atoms with Crippen molar-refractivity contribution in [3.63, 3.8) is 0 Å². The molecule has 0 bridgehead atoms. The van der Waals surface area contributed by atoms with E-state index in [1.54, 1.807) is 6.33 Å². The lowest BCUT2D eigenvalue weighted by Crippen LogP contribution is -2.38. The van der Waals surface area contributed by atoms with E-state index in [1.807, 2.05) is 23.2 Å². The van der Waals surface area contributed by atoms with Crippen LogP contribution in [-0.2, 0) is 0 Å². The third-order valence-corrected chi connectivity index (χ3v) is 5.35. The Kier molecular flexibility index (Phi) is 5.86. The molecule has 26 heavy (non-hydrogen) atoms. The Balaban J connectivity index is 1.62. The number of aromatic nitrogens is 2. The van der Waals surface area contributed by atoms with Crippen molar-refractivity contribution < 1.29 is 4.79 Å². The highest BCUT2D eigenvalue weighted by atomic mass is 16.2. The van der Waals surface area contributed by atoms with E-state index in [-0.39, 0.29) is 5.91 Å². The maximum atomic E-state index is 12.8. The molecular formula is C21H28N4O. The molecule has 1 saturated heterocycles. The second kappa shape index (κ2) is 8.30. The standard InChI is InChI=1S/C21H28N4O/c1-4-24(5-2)19-8-6-18(7-9-19)21(26)25-12-10-17(11-13-25)20-16(3)14-22-15-23-20/h6-9,14-15,17H,4-5,10-13H2,1-3H3. The van der Waals surface area contributed by atoms with Gasteiger partial charge in [0.05, 0.1) is 0 Å². The van der Waals surface area contributed by atoms with Crippen LogP contribution in [0.3, 0.4) is 0 Å². The predicted molar refractivity (Wildman–Crippen MR) is 105 cm³/mol. The number of piperidine rings is 1. The second-order valence-corrected chi connectivity index (χ2v) is 6.88. The van der Waals surface area contributed by atoms with Crippen molar-refractivity contribution in [3.05, 3.63) is 53.6 Å². The molecule has 1 aliphatic rings. The number of carbonyl (C=O) groups is 1. The van der Waals surface area contributed by atoms with Gasteiger partial charge in [-0.15, -0.1) is 0 Å². The van der Waals surface area contributed by atoms with Gasteiger partial charge in [0.25, 0.3) is 5.91 Å². The fourth-order valence-corrected chi connectivity index (χ4v) is 3.78. The second-order valence-electron chi connectivity index (χ2n) is 6.88. The van der Waals surface area contributed by atoms with E-state index in [4.69, 9.17) is 0 Å². The van der Waals surface area contributed by atoms with Gasteiger partial charge in [-0.25, -0.2) is 9.97 Å². The van der Waals surface area contributed by atoms with Crippen LogP contribution in [0.5, 0.6) is 0 Å². The van der Waals surface area contributed by atoms with Gasteiger partial charge in [0, 0.05) is 55.2 Å². The Morgan fingerprint density at radius 2 is 1.81 bits per heavy atom. The van der Waals surface area contributed by atoms with Crippen molar-refractivity contribution in [3.8, 4) is 0 Å². The van der Waals surface area contributed by atoms with Crippen molar-refractivity contribution in [1.29, 1.82) is 0 Å². The molecule has 2 aromatic rings. The highest BCUT2D eigenvalue weighted by Crippen LogP contribution is 2.29. The van der Waals surface area contributed by atoms with Gasteiger partial charge in [-0.1, -0.05) is 0 Å². The molecule has 0 N–H and O–H groups in total. The zero-order valence-corrected chi connectivity index (χ0v) is 16.0. The highest BCUT2D eigenvalue weighted by Gasteiger charge is 2.26. The smallest absolute Gasteiger partial charge is 0.253 e. The first-order chi connectivity index (χ1) is 12.6. The number of likely N-dealkylation sites (tertiary alicyclic amines) is 1. The Morgan fingerprint density at radius 1 is 1.15 bits per heavy atom. The molecule has 3 rings (SSSR count). The molecule has 5 heteroatoms. The number of nitrogens with zero attached hydrogens (tertiary/aromatic N) is 4. The summed E-state index contributed by atoms with van der Waals surface area (Å²) in [7, 11) is 0. The minimum Gasteiger partial charge on any atom is -0.372 e. The van der Waals surface area contributed by atoms with Crippen LogP contribution in [0.15, 0.2) is 36.8 Å². The molecule has 138 valence electrons. The summed E-state index contributed by atoms with van der Waals surface area (Å²) in [6.45, 7) is 9.86. The first kappa shape index (κ1) is 18.4. The first-order valence-corrected chi connectivity index (χ1v) is 9.54. The van der Waals surface area contributed by atoms with Crippen LogP contribution >= 0.6 is 0 Å². The third kappa shape index (κ3) is 3.87. The van der Waals surface area contributed by atoms with Gasteiger partial charge in [-0.3, -0.25) is 4.79 Å². The van der Waals surface area contributed by atoms with E-state index < -0.39 is 0 Å². The first-order valence-electron chi connectivity index (χ1n) is 9.54. The SMILES string of the molecule is CCN(CC)c1ccc(C(=O)N2CCC(c3ncncc3C)CC2)cc1. The summed E-state index contributed by atoms with van der Waals surface area (Å²) in [5, 5.41) is 0. The number of carbonyl (C=O) groups excluding carboxylic acids is 1. The fourth-order valence-electron chi connectivity index (χ4n) is 3.78. The van der Waals surface area contributed by atoms with Crippen LogP contribution in [-0.4, -0.2) is 47.0 Å². The molecule has 5 nitrogen and oxygen atoms in total. The average Bonchev–Trinajstić information content (AvgIpc) is 2.69. The quantitative estimate of drug-likeness (QED) is 0.824. The molecule has 2 heterocycles. The minimum atomic E-state index is 0.133. The van der Waals surface area contributed by atoms with Crippen LogP contribution in [0.2, 0.25) is 0 Å². The van der Waals surface area contributed by atoms with Crippen LogP contribution in [0.25, 0.3) is 0 Å². The molecule has 0 radical (unpaired) electrons. The monoisotopic (exact) mass is 352 g/mol. The summed E-state index contributed by atoms with van der Waals surface area (Å²) >= 11 is 0. The van der Waals surface area contributed by atoms with E-state index >= 15 is 0 Å². The van der Waals surface area contributed by atoms with Crippen LogP contribution in [0.1, 0.15) is 54.2 Å². The summed E-state index contributed by atoms with van der Waals surface area (Å²) in [4.78, 5) is 25.6. The van der Waals surface area contributed by atoms with Gasteiger partial charge in [0.15, 0.2) is 0 Å². The molecule has 0 unspecified atom stereocenters. The van der Waals surface area contributed by atoms with Gasteiger partial charge in [0.2, 0.25) is 0 Å². The maximum absolute atomic E-state index is 12.8. The van der Waals surface area contributed by atoms with E-state index in [0.717, 1.165) is 55.8 Å². The molecule has 0 aliphatic carbocycles. The predicted octanol–water partition coefficient (Wildman–Crippen LogP) is 3.65. The number of anilines is 1. The minimum absolute atomic E-state index is 0.133. The molecule has 1 amide bonds. The Hall–Kier alpha value is -2.43. The Morgan fingerprint density at radius 3 is 2.38 bits per heavy atom. The summed E-state index contributed by atoms with van der Waals surface area (Å²) in [5.41, 5.74) is 4.22. The van der Waals surface area contributed by atoms with E-state index in [1.165, 1.54) is 5.69 Å². The van der Waals surface area contributed by atoms with Crippen molar-refractivity contribution in [2.75, 3.05) is 31.1 Å². The fraction of sp³-hybridized carbons (Fsp3) is 0.476. The molecule has 1 aromatic carbocycles. The van der Waals surface area contributed by atoms with Gasteiger partial charge in [-0.2, -0.15) is 0 Å². The lowest BCUT2D eigenvalue weighted by atomic mass is 9.91. The normalized spacial score (nSPS) is 15.1. The van der Waals surface area contributed by atoms with Gasteiger partial charge < -0.3 is 9.80 Å². The largest absolute Gasteiger partial charge is 0.372 e. The average molecular weight is 352 g/mol. The number of hydrogen-bond acceptors (Lipinski definition) is 4. The maximum Gasteiger partial charge on any atom is 0.253 e. The number of hydrogen-bond donors (Lipinski definition) is 0. The van der Waals surface area contributed by atoms with Crippen molar-refractivity contribution in [2.45, 2.75) is 39.5 Å². The molecule has 0 spiro atoms. The van der Waals surface area contributed by atoms with E-state index in [2.05, 4.69) is 47.8 Å². The van der Waals surface area contributed by atoms with E-state index in [0.29, 0.717) is 5.92 Å². The van der Waals surface area contributed by atoms with E-state index in [9.17, 15) is 4.79 Å². The van der Waals surface area contributed by atoms with Crippen molar-refractivity contribution >= 4 is 11.6 Å². The molecule has 0 saturated carbocycles. The highest BCUT2D eigenvalue weighted by molar-refractivity contribution is 5.94. The Bertz CT molecular complexity index is 732. The molecule has 1 aromatic heterocycles. The van der Waals surface area contributed by atoms with Gasteiger partial charge in [-0.05, 0) is 63.4 Å². The summed E-state index contributed by atoms with van der Waals surface area (Å²) in [6.07, 6.45) is 5.41. The summed E-state index contributed by atoms with van der Waals surface area (Å²) in [5.74, 6) is 0.557. The molecule has 1 fully saturated rings. The van der Waals surface area contributed by atoms with Gasteiger partial charge in [0.1, 0.15) is 6.33 Å². The number of amides is 1. The van der Waals surface area contributed by atoms with Crippen molar-refractivity contribution in [2.24, 2.45) is 0 Å². The van der Waals surface area contributed by atoms with Crippen LogP contribution in [0.4, 0.5) is 5.69 Å². The number of aryl methyl sites for hydroxylation is 1. The topological polar surface area (TPSA) is 49.3 Å². The number of benzene rings is 1. The molecule has 0 atom stereocenters. The van der Waals surface area contributed by atoms with Crippen LogP contribution < -0.4 is 4.90 Å². The van der Waals surface area contributed by atoms with Gasteiger partial charge >= 0.3 is 0 Å². The zero-order chi connectivity index (χ0) is 18.5. The number of rotatable bonds is 5. The molecular weight excluding hydrogens is 324 g/mol. The Labute approximate surface area is 156 Å². The molecule has 1 aliphatic heterocycles. The van der Waals surface area contributed by atoms with Crippen molar-refractivity contribution in [1.82, 2.24) is 14.9 Å². The zero-order valence-electron chi connectivity index (χ0n) is 16.0. The summed E-state index contributed by atoms with van der Waals surface area (Å²) in [6, 6.07) is 8.02. The lowest BCUT2D eigenvalue weighted by molar-refractivity contribution is 0.0712. The lowest BCUT2D eigenvalue weighted by Gasteiger charge is -2.32.